The summed E-state index contributed by atoms with van der Waals surface area (Å²) in [4.78, 5) is 2.02. The summed E-state index contributed by atoms with van der Waals surface area (Å²) in [5.74, 6) is 0.297. The molecule has 0 bridgehead atoms. The van der Waals surface area contributed by atoms with E-state index in [0.29, 0.717) is 18.8 Å². The number of hydrogen-bond acceptors (Lipinski definition) is 3. The lowest BCUT2D eigenvalue weighted by Crippen LogP contribution is -2.20. The van der Waals surface area contributed by atoms with E-state index < -0.39 is 0 Å². The van der Waals surface area contributed by atoms with Crippen LogP contribution in [-0.2, 0) is 6.42 Å². The fourth-order valence-electron chi connectivity index (χ4n) is 1.54. The average Bonchev–Trinajstić information content (AvgIpc) is 2.14. The van der Waals surface area contributed by atoms with E-state index >= 15 is 0 Å². The average molecular weight is 240 g/mol. The molecule has 0 saturated heterocycles. The molecule has 1 rings (SSSR count). The van der Waals surface area contributed by atoms with Crippen LogP contribution in [0.2, 0.25) is 0 Å². The summed E-state index contributed by atoms with van der Waals surface area (Å²) in [7, 11) is 3.94. The Morgan fingerprint density at radius 2 is 2.06 bits per heavy atom. The molecule has 2 N–H and O–H groups in total. The predicted molar refractivity (Wildman–Crippen MR) is 67.8 cm³/mol. The zero-order chi connectivity index (χ0) is 12.8. The molecule has 3 nitrogen and oxygen atoms in total. The van der Waals surface area contributed by atoms with Crippen LogP contribution < -0.4 is 10.5 Å². The molecular weight excluding hydrogens is 219 g/mol. The van der Waals surface area contributed by atoms with Crippen molar-refractivity contribution < 1.29 is 9.13 Å². The fraction of sp³-hybridized carbons (Fsp3) is 0.538. The van der Waals surface area contributed by atoms with Crippen LogP contribution in [0.3, 0.4) is 0 Å². The van der Waals surface area contributed by atoms with E-state index in [1.54, 1.807) is 0 Å². The third kappa shape index (κ3) is 5.65. The zero-order valence-electron chi connectivity index (χ0n) is 10.7. The van der Waals surface area contributed by atoms with Gasteiger partial charge in [-0.15, -0.1) is 0 Å². The highest BCUT2D eigenvalue weighted by atomic mass is 19.1. The van der Waals surface area contributed by atoms with Gasteiger partial charge in [-0.05, 0) is 45.1 Å². The maximum atomic E-state index is 13.3. The van der Waals surface area contributed by atoms with Crippen molar-refractivity contribution in [2.75, 3.05) is 27.2 Å². The van der Waals surface area contributed by atoms with Crippen molar-refractivity contribution in [1.29, 1.82) is 0 Å². The number of benzene rings is 1. The molecule has 0 amide bonds. The molecule has 1 atom stereocenters. The first kappa shape index (κ1) is 13.9. The molecule has 0 fully saturated rings. The number of ether oxygens (including phenoxy) is 1. The molecular formula is C13H21FN2O. The van der Waals surface area contributed by atoms with Gasteiger partial charge in [0.2, 0.25) is 0 Å². The Morgan fingerprint density at radius 1 is 1.35 bits per heavy atom. The summed E-state index contributed by atoms with van der Waals surface area (Å²) in [6.07, 6.45) is 0.655. The summed E-state index contributed by atoms with van der Waals surface area (Å²) in [5.41, 5.74) is 6.57. The van der Waals surface area contributed by atoms with Crippen molar-refractivity contribution in [3.63, 3.8) is 0 Å². The molecule has 0 aromatic heterocycles. The molecule has 0 heterocycles. The Labute approximate surface area is 102 Å². The van der Waals surface area contributed by atoms with Crippen molar-refractivity contribution in [3.8, 4) is 5.75 Å². The second-order valence-electron chi connectivity index (χ2n) is 4.63. The van der Waals surface area contributed by atoms with Gasteiger partial charge in [-0.3, -0.25) is 0 Å². The highest BCUT2D eigenvalue weighted by molar-refractivity contribution is 5.30. The Bertz CT molecular complexity index is 353. The first-order chi connectivity index (χ1) is 7.97. The third-order valence-corrected chi connectivity index (χ3v) is 2.30. The van der Waals surface area contributed by atoms with Gasteiger partial charge in [-0.1, -0.05) is 0 Å². The lowest BCUT2D eigenvalue weighted by molar-refractivity contribution is 0.260. The minimum absolute atomic E-state index is 0.0198. The van der Waals surface area contributed by atoms with Gasteiger partial charge in [-0.2, -0.15) is 0 Å². The molecule has 4 heteroatoms. The second-order valence-corrected chi connectivity index (χ2v) is 4.63. The highest BCUT2D eigenvalue weighted by Gasteiger charge is 2.04. The smallest absolute Gasteiger partial charge is 0.127 e. The van der Waals surface area contributed by atoms with E-state index in [4.69, 9.17) is 10.5 Å². The number of halogens is 1. The van der Waals surface area contributed by atoms with E-state index in [2.05, 4.69) is 0 Å². The minimum atomic E-state index is -0.275. The first-order valence-corrected chi connectivity index (χ1v) is 5.80. The van der Waals surface area contributed by atoms with Gasteiger partial charge in [0.05, 0.1) is 0 Å². The lowest BCUT2D eigenvalue weighted by Gasteiger charge is -2.12. The van der Waals surface area contributed by atoms with E-state index in [0.717, 1.165) is 12.1 Å². The monoisotopic (exact) mass is 240 g/mol. The Balaban J connectivity index is 2.62. The van der Waals surface area contributed by atoms with Crippen LogP contribution >= 0.6 is 0 Å². The normalized spacial score (nSPS) is 12.8. The standard InChI is InChI=1S/C13H21FN2O/c1-10(15)6-11-7-12(14)9-13(8-11)17-5-4-16(2)3/h7-10H,4-6,15H2,1-3H3. The van der Waals surface area contributed by atoms with Gasteiger partial charge in [0.25, 0.3) is 0 Å². The molecule has 1 unspecified atom stereocenters. The lowest BCUT2D eigenvalue weighted by atomic mass is 10.1. The Morgan fingerprint density at radius 3 is 2.65 bits per heavy atom. The van der Waals surface area contributed by atoms with Crippen LogP contribution in [-0.4, -0.2) is 38.2 Å². The van der Waals surface area contributed by atoms with E-state index in [1.165, 1.54) is 12.1 Å². The van der Waals surface area contributed by atoms with Crippen molar-refractivity contribution in [3.05, 3.63) is 29.6 Å². The van der Waals surface area contributed by atoms with Gasteiger partial charge >= 0.3 is 0 Å². The Hall–Kier alpha value is -1.13. The van der Waals surface area contributed by atoms with Crippen molar-refractivity contribution in [1.82, 2.24) is 4.90 Å². The quantitative estimate of drug-likeness (QED) is 0.822. The van der Waals surface area contributed by atoms with Crippen LogP contribution in [0.5, 0.6) is 5.75 Å². The summed E-state index contributed by atoms with van der Waals surface area (Å²) in [6, 6.07) is 4.77. The minimum Gasteiger partial charge on any atom is -0.492 e. The summed E-state index contributed by atoms with van der Waals surface area (Å²) < 4.78 is 18.8. The Kier molecular flexibility index (Phi) is 5.38. The number of rotatable bonds is 6. The molecule has 0 aliphatic rings. The SMILES string of the molecule is CC(N)Cc1cc(F)cc(OCCN(C)C)c1. The van der Waals surface area contributed by atoms with E-state index in [9.17, 15) is 4.39 Å². The van der Waals surface area contributed by atoms with Crippen molar-refractivity contribution in [2.45, 2.75) is 19.4 Å². The maximum absolute atomic E-state index is 13.3. The largest absolute Gasteiger partial charge is 0.492 e. The molecule has 0 spiro atoms. The number of nitrogens with zero attached hydrogens (tertiary/aromatic N) is 1. The number of hydrogen-bond donors (Lipinski definition) is 1. The first-order valence-electron chi connectivity index (χ1n) is 5.80. The van der Waals surface area contributed by atoms with Gasteiger partial charge in [0.15, 0.2) is 0 Å². The van der Waals surface area contributed by atoms with Gasteiger partial charge in [-0.25, -0.2) is 4.39 Å². The molecule has 0 aliphatic carbocycles. The van der Waals surface area contributed by atoms with Crippen LogP contribution in [0.15, 0.2) is 18.2 Å². The van der Waals surface area contributed by atoms with E-state index in [-0.39, 0.29) is 11.9 Å². The molecule has 17 heavy (non-hydrogen) atoms. The molecule has 1 aromatic carbocycles. The maximum Gasteiger partial charge on any atom is 0.127 e. The van der Waals surface area contributed by atoms with Crippen LogP contribution in [0.1, 0.15) is 12.5 Å². The summed E-state index contributed by atoms with van der Waals surface area (Å²) >= 11 is 0. The predicted octanol–water partition coefficient (Wildman–Crippen LogP) is 1.66. The van der Waals surface area contributed by atoms with Gasteiger partial charge in [0.1, 0.15) is 18.2 Å². The molecule has 0 saturated carbocycles. The van der Waals surface area contributed by atoms with Gasteiger partial charge < -0.3 is 15.4 Å². The fourth-order valence-corrected chi connectivity index (χ4v) is 1.54. The molecule has 96 valence electrons. The third-order valence-electron chi connectivity index (χ3n) is 2.30. The molecule has 1 aromatic rings. The highest BCUT2D eigenvalue weighted by Crippen LogP contribution is 2.17. The van der Waals surface area contributed by atoms with Crippen molar-refractivity contribution >= 4 is 0 Å². The molecule has 0 aliphatic heterocycles. The van der Waals surface area contributed by atoms with Crippen LogP contribution in [0.4, 0.5) is 4.39 Å². The second kappa shape index (κ2) is 6.57. The summed E-state index contributed by atoms with van der Waals surface area (Å²) in [6.45, 7) is 3.25. The van der Waals surface area contributed by atoms with Crippen LogP contribution in [0, 0.1) is 5.82 Å². The number of likely N-dealkylation sites (N-methyl/N-ethyl adjacent to an activating group) is 1. The summed E-state index contributed by atoms with van der Waals surface area (Å²) in [5, 5.41) is 0. The van der Waals surface area contributed by atoms with Crippen molar-refractivity contribution in [2.24, 2.45) is 5.73 Å². The zero-order valence-corrected chi connectivity index (χ0v) is 10.7. The van der Waals surface area contributed by atoms with Gasteiger partial charge in [0, 0.05) is 18.7 Å². The number of nitrogens with two attached hydrogens (primary N) is 1. The van der Waals surface area contributed by atoms with Crippen LogP contribution in [0.25, 0.3) is 0 Å². The van der Waals surface area contributed by atoms with E-state index in [1.807, 2.05) is 32.0 Å². The topological polar surface area (TPSA) is 38.5 Å². The molecule has 0 radical (unpaired) electrons.